The zero-order valence-electron chi connectivity index (χ0n) is 19.0. The zero-order valence-corrected chi connectivity index (χ0v) is 19.0. The number of benzene rings is 2. The molecule has 0 spiro atoms. The quantitative estimate of drug-likeness (QED) is 0.233. The maximum Gasteiger partial charge on any atom is 0.360 e. The number of methoxy groups -OCH3 is 1. The minimum Gasteiger partial charge on any atom is -0.489 e. The lowest BCUT2D eigenvalue weighted by atomic mass is 9.85. The van der Waals surface area contributed by atoms with Crippen LogP contribution in [-0.2, 0) is 21.0 Å². The fourth-order valence-electron chi connectivity index (χ4n) is 3.46. The fraction of sp³-hybridized carbons (Fsp3) is 0.308. The molecule has 0 bridgehead atoms. The molecule has 6 heteroatoms. The van der Waals surface area contributed by atoms with Gasteiger partial charge < -0.3 is 19.0 Å². The van der Waals surface area contributed by atoms with E-state index in [4.69, 9.17) is 19.0 Å². The van der Waals surface area contributed by atoms with Crippen LogP contribution in [0.4, 0.5) is 0 Å². The van der Waals surface area contributed by atoms with E-state index in [-0.39, 0.29) is 5.71 Å². The lowest BCUT2D eigenvalue weighted by molar-refractivity contribution is -0.132. The van der Waals surface area contributed by atoms with Gasteiger partial charge in [0.05, 0.1) is 7.11 Å². The lowest BCUT2D eigenvalue weighted by Gasteiger charge is -2.23. The highest BCUT2D eigenvalue weighted by atomic mass is 16.6. The van der Waals surface area contributed by atoms with Crippen molar-refractivity contribution in [2.45, 2.75) is 33.3 Å². The summed E-state index contributed by atoms with van der Waals surface area (Å²) < 4.78 is 16.8. The summed E-state index contributed by atoms with van der Waals surface area (Å²) in [5.41, 5.74) is 5.55. The van der Waals surface area contributed by atoms with Crippen LogP contribution >= 0.6 is 0 Å². The standard InChI is InChI=1S/C26H29NO5/c1-18-14-21(24(15-19(18)2)25(27-30-4)26(28)29-3)17-32-23-12-10-22(11-13-23)31-16-20-8-6-5-7-9-20/h5-13H,14-17H2,1-4H3/b27-25-. The molecule has 0 amide bonds. The third-order valence-electron chi connectivity index (χ3n) is 5.41. The maximum absolute atomic E-state index is 12.3. The smallest absolute Gasteiger partial charge is 0.360 e. The number of hydrogen-bond donors (Lipinski definition) is 0. The molecular formula is C26H29NO5. The molecule has 2 aromatic rings. The topological polar surface area (TPSA) is 66.4 Å². The molecule has 2 aromatic carbocycles. The first kappa shape index (κ1) is 23.1. The van der Waals surface area contributed by atoms with Gasteiger partial charge in [0.1, 0.15) is 31.8 Å². The van der Waals surface area contributed by atoms with Crippen LogP contribution in [0.5, 0.6) is 11.5 Å². The van der Waals surface area contributed by atoms with Crippen molar-refractivity contribution in [3.8, 4) is 11.5 Å². The first-order chi connectivity index (χ1) is 15.5. The van der Waals surface area contributed by atoms with Crippen LogP contribution in [0.3, 0.4) is 0 Å². The van der Waals surface area contributed by atoms with Gasteiger partial charge in [-0.1, -0.05) is 46.6 Å². The number of hydrogen-bond acceptors (Lipinski definition) is 6. The normalized spacial score (nSPS) is 14.3. The van der Waals surface area contributed by atoms with Gasteiger partial charge in [0.25, 0.3) is 0 Å². The van der Waals surface area contributed by atoms with Crippen molar-refractivity contribution < 1.29 is 23.8 Å². The molecule has 0 saturated heterocycles. The average molecular weight is 436 g/mol. The van der Waals surface area contributed by atoms with Gasteiger partial charge in [-0.15, -0.1) is 0 Å². The highest BCUT2D eigenvalue weighted by Gasteiger charge is 2.26. The van der Waals surface area contributed by atoms with E-state index in [0.29, 0.717) is 26.1 Å². The highest BCUT2D eigenvalue weighted by molar-refractivity contribution is 6.43. The Hall–Kier alpha value is -3.54. The Morgan fingerprint density at radius 2 is 1.44 bits per heavy atom. The Morgan fingerprint density at radius 1 is 0.844 bits per heavy atom. The van der Waals surface area contributed by atoms with Crippen molar-refractivity contribution in [3.05, 3.63) is 82.5 Å². The third kappa shape index (κ3) is 6.00. The number of nitrogens with zero attached hydrogens (tertiary/aromatic N) is 1. The summed E-state index contributed by atoms with van der Waals surface area (Å²) in [6, 6.07) is 17.5. The van der Waals surface area contributed by atoms with E-state index >= 15 is 0 Å². The summed E-state index contributed by atoms with van der Waals surface area (Å²) in [4.78, 5) is 17.2. The summed E-state index contributed by atoms with van der Waals surface area (Å²) in [7, 11) is 2.75. The molecule has 0 fully saturated rings. The van der Waals surface area contributed by atoms with Gasteiger partial charge in [-0.2, -0.15) is 0 Å². The van der Waals surface area contributed by atoms with Crippen molar-refractivity contribution in [1.29, 1.82) is 0 Å². The summed E-state index contributed by atoms with van der Waals surface area (Å²) in [5, 5.41) is 3.93. The molecule has 32 heavy (non-hydrogen) atoms. The highest BCUT2D eigenvalue weighted by Crippen LogP contribution is 2.31. The van der Waals surface area contributed by atoms with Crippen molar-refractivity contribution in [3.63, 3.8) is 0 Å². The number of oxime groups is 1. The van der Waals surface area contributed by atoms with Crippen LogP contribution in [0.25, 0.3) is 0 Å². The molecule has 1 aliphatic rings. The number of ether oxygens (including phenoxy) is 3. The van der Waals surface area contributed by atoms with Crippen LogP contribution in [0.2, 0.25) is 0 Å². The van der Waals surface area contributed by atoms with Crippen molar-refractivity contribution >= 4 is 11.7 Å². The largest absolute Gasteiger partial charge is 0.489 e. The molecule has 0 N–H and O–H groups in total. The van der Waals surface area contributed by atoms with E-state index in [2.05, 4.69) is 19.0 Å². The van der Waals surface area contributed by atoms with Crippen LogP contribution in [0.1, 0.15) is 32.3 Å². The predicted molar refractivity (Wildman–Crippen MR) is 124 cm³/mol. The summed E-state index contributed by atoms with van der Waals surface area (Å²) >= 11 is 0. The molecule has 6 nitrogen and oxygen atoms in total. The number of carbonyl (C=O) groups excluding carboxylic acids is 1. The Morgan fingerprint density at radius 3 is 2.03 bits per heavy atom. The first-order valence-electron chi connectivity index (χ1n) is 10.5. The van der Waals surface area contributed by atoms with E-state index < -0.39 is 5.97 Å². The van der Waals surface area contributed by atoms with Gasteiger partial charge in [-0.25, -0.2) is 4.79 Å². The molecule has 1 aliphatic carbocycles. The zero-order chi connectivity index (χ0) is 22.9. The van der Waals surface area contributed by atoms with Crippen LogP contribution in [0, 0.1) is 0 Å². The SMILES string of the molecule is CO/N=C(\C(=O)OC)C1=C(COc2ccc(OCc3ccccc3)cc2)CC(C)=C(C)C1. The van der Waals surface area contributed by atoms with Crippen LogP contribution in [0.15, 0.2) is 82.0 Å². The molecule has 0 heterocycles. The van der Waals surface area contributed by atoms with E-state index in [1.165, 1.54) is 25.4 Å². The first-order valence-corrected chi connectivity index (χ1v) is 10.5. The minimum absolute atomic E-state index is 0.185. The summed E-state index contributed by atoms with van der Waals surface area (Å²) in [6.45, 7) is 5.00. The maximum atomic E-state index is 12.3. The van der Waals surface area contributed by atoms with Gasteiger partial charge in [0, 0.05) is 0 Å². The molecule has 0 unspecified atom stereocenters. The molecular weight excluding hydrogens is 406 g/mol. The number of allylic oxidation sites excluding steroid dienone is 2. The summed E-state index contributed by atoms with van der Waals surface area (Å²) in [6.07, 6.45) is 1.31. The predicted octanol–water partition coefficient (Wildman–Crippen LogP) is 5.25. The Kier molecular flexibility index (Phi) is 8.08. The van der Waals surface area contributed by atoms with Crippen LogP contribution < -0.4 is 9.47 Å². The Balaban J connectivity index is 1.69. The van der Waals surface area contributed by atoms with Crippen molar-refractivity contribution in [2.75, 3.05) is 20.8 Å². The molecule has 0 aromatic heterocycles. The van der Waals surface area contributed by atoms with Crippen LogP contribution in [-0.4, -0.2) is 32.5 Å². The molecule has 0 atom stereocenters. The van der Waals surface area contributed by atoms with Gasteiger partial charge in [-0.3, -0.25) is 0 Å². The average Bonchev–Trinajstić information content (AvgIpc) is 2.82. The fourth-order valence-corrected chi connectivity index (χ4v) is 3.46. The second-order valence-corrected chi connectivity index (χ2v) is 7.64. The third-order valence-corrected chi connectivity index (χ3v) is 5.41. The summed E-state index contributed by atoms with van der Waals surface area (Å²) in [5.74, 6) is 0.969. The number of rotatable bonds is 9. The second kappa shape index (κ2) is 11.2. The number of esters is 1. The minimum atomic E-state index is -0.522. The van der Waals surface area contributed by atoms with Crippen molar-refractivity contribution in [1.82, 2.24) is 0 Å². The van der Waals surface area contributed by atoms with E-state index in [9.17, 15) is 4.79 Å². The van der Waals surface area contributed by atoms with Gasteiger partial charge in [0.15, 0.2) is 5.71 Å². The monoisotopic (exact) mass is 435 g/mol. The second-order valence-electron chi connectivity index (χ2n) is 7.64. The molecule has 3 rings (SSSR count). The molecule has 0 saturated carbocycles. The van der Waals surface area contributed by atoms with E-state index in [1.807, 2.05) is 54.6 Å². The number of carbonyl (C=O) groups is 1. The lowest BCUT2D eigenvalue weighted by Crippen LogP contribution is -2.24. The molecule has 168 valence electrons. The molecule has 0 radical (unpaired) electrons. The Labute approximate surface area is 189 Å². The molecule has 0 aliphatic heterocycles. The van der Waals surface area contributed by atoms with Gasteiger partial charge >= 0.3 is 5.97 Å². The Bertz CT molecular complexity index is 1020. The van der Waals surface area contributed by atoms with Crippen molar-refractivity contribution in [2.24, 2.45) is 5.16 Å². The van der Waals surface area contributed by atoms with E-state index in [0.717, 1.165) is 28.2 Å². The van der Waals surface area contributed by atoms with Gasteiger partial charge in [0.2, 0.25) is 0 Å². The van der Waals surface area contributed by atoms with Gasteiger partial charge in [-0.05, 0) is 67.7 Å². The van der Waals surface area contributed by atoms with E-state index in [1.54, 1.807) is 0 Å².